The summed E-state index contributed by atoms with van der Waals surface area (Å²) in [5.41, 5.74) is 3.31. The molecular weight excluding hydrogens is 436 g/mol. The highest BCUT2D eigenvalue weighted by atomic mass is 32.2. The van der Waals surface area contributed by atoms with Gasteiger partial charge in [-0.3, -0.25) is 4.79 Å². The lowest BCUT2D eigenvalue weighted by molar-refractivity contribution is -0.129. The number of fused-ring (bicyclic) bond motifs is 1. The summed E-state index contributed by atoms with van der Waals surface area (Å²) in [7, 11) is 1.95. The molecule has 1 fully saturated rings. The van der Waals surface area contributed by atoms with E-state index in [2.05, 4.69) is 29.3 Å². The third-order valence-corrected chi connectivity index (χ3v) is 7.28. The molecule has 33 heavy (non-hydrogen) atoms. The van der Waals surface area contributed by atoms with E-state index in [1.54, 1.807) is 0 Å². The van der Waals surface area contributed by atoms with Crippen LogP contribution in [0.1, 0.15) is 36.4 Å². The molecular formula is C25H28N4O3S. The molecule has 2 aromatic carbocycles. The van der Waals surface area contributed by atoms with Gasteiger partial charge in [0.15, 0.2) is 22.5 Å². The van der Waals surface area contributed by atoms with E-state index in [1.807, 2.05) is 46.8 Å². The van der Waals surface area contributed by atoms with Crippen LogP contribution in [0.25, 0.3) is 11.4 Å². The molecule has 0 saturated carbocycles. The molecule has 8 heteroatoms. The van der Waals surface area contributed by atoms with E-state index in [0.717, 1.165) is 65.0 Å². The summed E-state index contributed by atoms with van der Waals surface area (Å²) < 4.78 is 13.6. The van der Waals surface area contributed by atoms with Crippen LogP contribution in [0.4, 0.5) is 0 Å². The van der Waals surface area contributed by atoms with E-state index >= 15 is 0 Å². The zero-order valence-electron chi connectivity index (χ0n) is 19.0. The number of hydrogen-bond acceptors (Lipinski definition) is 6. The number of nitrogens with zero attached hydrogens (tertiary/aromatic N) is 4. The first-order valence-electron chi connectivity index (χ1n) is 11.4. The van der Waals surface area contributed by atoms with E-state index < -0.39 is 0 Å². The molecule has 5 rings (SSSR count). The highest BCUT2D eigenvalue weighted by Crippen LogP contribution is 2.38. The highest BCUT2D eigenvalue weighted by Gasteiger charge is 2.31. The summed E-state index contributed by atoms with van der Waals surface area (Å²) in [6, 6.07) is 14.3. The van der Waals surface area contributed by atoms with Crippen LogP contribution in [0.15, 0.2) is 47.6 Å². The van der Waals surface area contributed by atoms with Crippen molar-refractivity contribution in [2.24, 2.45) is 7.05 Å². The third kappa shape index (κ3) is 4.44. The van der Waals surface area contributed by atoms with Gasteiger partial charge < -0.3 is 18.9 Å². The van der Waals surface area contributed by atoms with Crippen LogP contribution in [0.3, 0.4) is 0 Å². The molecule has 3 heterocycles. The maximum atomic E-state index is 13.2. The number of rotatable bonds is 5. The normalized spacial score (nSPS) is 17.8. The number of carbonyl (C=O) groups is 1. The van der Waals surface area contributed by atoms with Crippen molar-refractivity contribution in [3.8, 4) is 22.9 Å². The standard InChI is InChI=1S/C25H28N4O3S/c1-17-7-3-4-8-19(17)24-26-27-25(28(24)2)33-16-23(30)29-12-5-9-20(29)18-10-11-21-22(15-18)32-14-6-13-31-21/h3-4,7-8,10-11,15,20H,5-6,9,12-14,16H2,1-2H3. The molecule has 172 valence electrons. The van der Waals surface area contributed by atoms with Crippen molar-refractivity contribution in [2.45, 2.75) is 37.4 Å². The molecule has 7 nitrogen and oxygen atoms in total. The summed E-state index contributed by atoms with van der Waals surface area (Å²) in [5, 5.41) is 9.46. The third-order valence-electron chi connectivity index (χ3n) is 6.28. The predicted octanol–water partition coefficient (Wildman–Crippen LogP) is 4.41. The Hall–Kier alpha value is -3.00. The van der Waals surface area contributed by atoms with Crippen LogP contribution < -0.4 is 9.47 Å². The largest absolute Gasteiger partial charge is 0.490 e. The zero-order valence-corrected chi connectivity index (χ0v) is 19.8. The molecule has 1 amide bonds. The van der Waals surface area contributed by atoms with Crippen molar-refractivity contribution >= 4 is 17.7 Å². The number of benzene rings is 2. The van der Waals surface area contributed by atoms with Crippen LogP contribution in [0.2, 0.25) is 0 Å². The first-order valence-corrected chi connectivity index (χ1v) is 12.4. The minimum atomic E-state index is 0.0669. The number of ether oxygens (including phenoxy) is 2. The zero-order chi connectivity index (χ0) is 22.8. The fraction of sp³-hybridized carbons (Fsp3) is 0.400. The molecule has 1 aromatic heterocycles. The minimum Gasteiger partial charge on any atom is -0.490 e. The van der Waals surface area contributed by atoms with Gasteiger partial charge in [0.1, 0.15) is 0 Å². The summed E-state index contributed by atoms with van der Waals surface area (Å²) in [6.45, 7) is 4.16. The number of hydrogen-bond donors (Lipinski definition) is 0. The lowest BCUT2D eigenvalue weighted by Gasteiger charge is -2.25. The maximum Gasteiger partial charge on any atom is 0.233 e. The van der Waals surface area contributed by atoms with Crippen LogP contribution in [0, 0.1) is 6.92 Å². The summed E-state index contributed by atoms with van der Waals surface area (Å²) in [4.78, 5) is 15.2. The van der Waals surface area contributed by atoms with Crippen molar-refractivity contribution in [2.75, 3.05) is 25.5 Å². The second-order valence-corrected chi connectivity index (χ2v) is 9.41. The van der Waals surface area contributed by atoms with E-state index in [1.165, 1.54) is 11.8 Å². The van der Waals surface area contributed by atoms with Crippen molar-refractivity contribution < 1.29 is 14.3 Å². The molecule has 3 aromatic rings. The lowest BCUT2D eigenvalue weighted by Crippen LogP contribution is -2.32. The van der Waals surface area contributed by atoms with Gasteiger partial charge in [-0.25, -0.2) is 0 Å². The van der Waals surface area contributed by atoms with Gasteiger partial charge in [-0.2, -0.15) is 0 Å². The van der Waals surface area contributed by atoms with Gasteiger partial charge in [0.25, 0.3) is 0 Å². The van der Waals surface area contributed by atoms with Crippen molar-refractivity contribution in [3.63, 3.8) is 0 Å². The fourth-order valence-corrected chi connectivity index (χ4v) is 5.30. The maximum absolute atomic E-state index is 13.2. The van der Waals surface area contributed by atoms with Crippen molar-refractivity contribution in [3.05, 3.63) is 53.6 Å². The average Bonchev–Trinajstić information content (AvgIpc) is 3.38. The van der Waals surface area contributed by atoms with Gasteiger partial charge in [0.05, 0.1) is 25.0 Å². The Bertz CT molecular complexity index is 1160. The van der Waals surface area contributed by atoms with Crippen LogP contribution in [0.5, 0.6) is 11.5 Å². The molecule has 0 spiro atoms. The number of thioether (sulfide) groups is 1. The summed E-state index contributed by atoms with van der Waals surface area (Å²) in [6.07, 6.45) is 2.83. The Balaban J connectivity index is 1.28. The monoisotopic (exact) mass is 464 g/mol. The Morgan fingerprint density at radius 3 is 2.76 bits per heavy atom. The van der Waals surface area contributed by atoms with Crippen molar-refractivity contribution in [1.82, 2.24) is 19.7 Å². The Morgan fingerprint density at radius 1 is 1.09 bits per heavy atom. The molecule has 1 saturated heterocycles. The fourth-order valence-electron chi connectivity index (χ4n) is 4.51. The number of aromatic nitrogens is 3. The number of aryl methyl sites for hydroxylation is 1. The first kappa shape index (κ1) is 21.8. The lowest BCUT2D eigenvalue weighted by atomic mass is 10.0. The van der Waals surface area contributed by atoms with Gasteiger partial charge in [-0.1, -0.05) is 42.1 Å². The molecule has 1 atom stereocenters. The van der Waals surface area contributed by atoms with E-state index in [0.29, 0.717) is 19.0 Å². The highest BCUT2D eigenvalue weighted by molar-refractivity contribution is 7.99. The van der Waals surface area contributed by atoms with E-state index in [4.69, 9.17) is 9.47 Å². The van der Waals surface area contributed by atoms with Gasteiger partial charge in [0, 0.05) is 25.6 Å². The minimum absolute atomic E-state index is 0.0669. The van der Waals surface area contributed by atoms with E-state index in [9.17, 15) is 4.79 Å². The van der Waals surface area contributed by atoms with Gasteiger partial charge >= 0.3 is 0 Å². The quantitative estimate of drug-likeness (QED) is 0.521. The molecule has 0 aliphatic carbocycles. The second-order valence-electron chi connectivity index (χ2n) is 8.47. The Kier molecular flexibility index (Phi) is 6.26. The van der Waals surface area contributed by atoms with Crippen LogP contribution >= 0.6 is 11.8 Å². The topological polar surface area (TPSA) is 69.5 Å². The van der Waals surface area contributed by atoms with Crippen LogP contribution in [-0.4, -0.2) is 51.1 Å². The summed E-state index contributed by atoms with van der Waals surface area (Å²) >= 11 is 1.44. The molecule has 0 bridgehead atoms. The smallest absolute Gasteiger partial charge is 0.233 e. The van der Waals surface area contributed by atoms with Gasteiger partial charge in [-0.05, 0) is 43.0 Å². The van der Waals surface area contributed by atoms with Crippen LogP contribution in [-0.2, 0) is 11.8 Å². The molecule has 0 radical (unpaired) electrons. The Morgan fingerprint density at radius 2 is 1.91 bits per heavy atom. The number of amides is 1. The molecule has 0 N–H and O–H groups in total. The average molecular weight is 465 g/mol. The molecule has 2 aliphatic rings. The SMILES string of the molecule is Cc1ccccc1-c1nnc(SCC(=O)N2CCCC2c2ccc3c(c2)OCCCO3)n1C. The summed E-state index contributed by atoms with van der Waals surface area (Å²) in [5.74, 6) is 2.83. The predicted molar refractivity (Wildman–Crippen MR) is 128 cm³/mol. The molecule has 1 unspecified atom stereocenters. The Labute approximate surface area is 198 Å². The van der Waals surface area contributed by atoms with E-state index in [-0.39, 0.29) is 11.9 Å². The van der Waals surface area contributed by atoms with Gasteiger partial charge in [-0.15, -0.1) is 10.2 Å². The number of carbonyl (C=O) groups excluding carboxylic acids is 1. The van der Waals surface area contributed by atoms with Gasteiger partial charge in [0.2, 0.25) is 5.91 Å². The molecule has 2 aliphatic heterocycles. The van der Waals surface area contributed by atoms with Crippen molar-refractivity contribution in [1.29, 1.82) is 0 Å². The number of likely N-dealkylation sites (tertiary alicyclic amines) is 1. The first-order chi connectivity index (χ1) is 16.1. The second kappa shape index (κ2) is 9.47.